The molecule has 0 amide bonds. The smallest absolute Gasteiger partial charge is 0.238 e. The number of rotatable bonds is 3. The number of nitrogens with zero attached hydrogens (tertiary/aromatic N) is 4. The molecule has 100 valence electrons. The van der Waals surface area contributed by atoms with E-state index in [1.807, 2.05) is 0 Å². The molecule has 0 saturated heterocycles. The highest BCUT2D eigenvalue weighted by molar-refractivity contribution is 6.35. The number of nitrogens with two attached hydrogens (primary N) is 1. The van der Waals surface area contributed by atoms with Crippen LogP contribution in [0.4, 0.5) is 5.95 Å². The van der Waals surface area contributed by atoms with Gasteiger partial charge in [-0.15, -0.1) is 5.10 Å². The molecule has 2 N–H and O–H groups in total. The molecule has 0 aliphatic heterocycles. The van der Waals surface area contributed by atoms with E-state index in [0.29, 0.717) is 16.1 Å². The fourth-order valence-electron chi connectivity index (χ4n) is 2.27. The van der Waals surface area contributed by atoms with Crippen LogP contribution >= 0.6 is 11.6 Å². The Balaban J connectivity index is 2.93. The second-order valence-corrected chi connectivity index (χ2v) is 5.21. The molecule has 0 aliphatic rings. The van der Waals surface area contributed by atoms with Crippen LogP contribution in [-0.4, -0.2) is 14.6 Å². The van der Waals surface area contributed by atoms with Crippen molar-refractivity contribution in [2.75, 3.05) is 5.73 Å². The predicted octanol–water partition coefficient (Wildman–Crippen LogP) is 2.91. The zero-order valence-corrected chi connectivity index (χ0v) is 12.0. The molecule has 0 radical (unpaired) electrons. The fraction of sp³-hybridized carbons (Fsp3) is 0.462. The molecule has 0 bridgehead atoms. The molecule has 0 aromatic carbocycles. The molecular formula is C13H16ClN5. The monoisotopic (exact) mass is 277 g/mol. The Morgan fingerprint density at radius 3 is 2.63 bits per heavy atom. The zero-order valence-electron chi connectivity index (χ0n) is 11.2. The number of hydrogen-bond donors (Lipinski definition) is 1. The van der Waals surface area contributed by atoms with Crippen molar-refractivity contribution in [3.8, 4) is 6.07 Å². The quantitative estimate of drug-likeness (QED) is 0.935. The van der Waals surface area contributed by atoms with Crippen LogP contribution in [0.15, 0.2) is 6.20 Å². The van der Waals surface area contributed by atoms with Crippen LogP contribution in [0.3, 0.4) is 0 Å². The molecule has 2 heterocycles. The standard InChI is InChI=1S/C13H16ClN5/c1-4-13(3,5-2)11-8(6-15)10(14)9-7-17-12(16)18-19(9)11/h7H,4-5H2,1-3H3,(H2,16,18). The van der Waals surface area contributed by atoms with Crippen molar-refractivity contribution in [1.29, 1.82) is 5.26 Å². The first-order valence-corrected chi connectivity index (χ1v) is 6.59. The first kappa shape index (κ1) is 13.6. The van der Waals surface area contributed by atoms with Gasteiger partial charge in [-0.25, -0.2) is 9.50 Å². The molecule has 19 heavy (non-hydrogen) atoms. The van der Waals surface area contributed by atoms with Crippen molar-refractivity contribution >= 4 is 23.1 Å². The van der Waals surface area contributed by atoms with Crippen molar-refractivity contribution < 1.29 is 0 Å². The van der Waals surface area contributed by atoms with E-state index in [9.17, 15) is 5.26 Å². The predicted molar refractivity (Wildman–Crippen MR) is 75.1 cm³/mol. The third-order valence-electron chi connectivity index (χ3n) is 3.89. The molecular weight excluding hydrogens is 262 g/mol. The molecule has 0 fully saturated rings. The third kappa shape index (κ3) is 1.92. The van der Waals surface area contributed by atoms with E-state index in [1.165, 1.54) is 0 Å². The second-order valence-electron chi connectivity index (χ2n) is 4.83. The van der Waals surface area contributed by atoms with Gasteiger partial charge in [0.15, 0.2) is 0 Å². The molecule has 2 aromatic rings. The summed E-state index contributed by atoms with van der Waals surface area (Å²) in [7, 11) is 0. The Kier molecular flexibility index (Phi) is 3.38. The molecule has 2 aromatic heterocycles. The SMILES string of the molecule is CCC(C)(CC)c1c(C#N)c(Cl)c2cnc(N)nn12. The summed E-state index contributed by atoms with van der Waals surface area (Å²) in [5, 5.41) is 14.0. The van der Waals surface area contributed by atoms with Crippen LogP contribution in [0.25, 0.3) is 5.52 Å². The Hall–Kier alpha value is -1.80. The van der Waals surface area contributed by atoms with Gasteiger partial charge in [0.05, 0.1) is 22.5 Å². The number of nitriles is 1. The van der Waals surface area contributed by atoms with Gasteiger partial charge in [-0.2, -0.15) is 5.26 Å². The van der Waals surface area contributed by atoms with Crippen molar-refractivity contribution in [2.45, 2.75) is 39.0 Å². The average Bonchev–Trinajstić information content (AvgIpc) is 2.70. The summed E-state index contributed by atoms with van der Waals surface area (Å²) in [6.07, 6.45) is 3.32. The van der Waals surface area contributed by atoms with Crippen LogP contribution in [0.1, 0.15) is 44.9 Å². The summed E-state index contributed by atoms with van der Waals surface area (Å²) in [6.45, 7) is 6.27. The average molecular weight is 278 g/mol. The number of fused-ring (bicyclic) bond motifs is 1. The maximum atomic E-state index is 9.40. The van der Waals surface area contributed by atoms with Gasteiger partial charge in [0, 0.05) is 5.41 Å². The minimum atomic E-state index is -0.179. The van der Waals surface area contributed by atoms with Crippen molar-refractivity contribution in [3.63, 3.8) is 0 Å². The maximum absolute atomic E-state index is 9.40. The lowest BCUT2D eigenvalue weighted by molar-refractivity contribution is 0.416. The highest BCUT2D eigenvalue weighted by Gasteiger charge is 2.32. The molecule has 0 aliphatic carbocycles. The fourth-order valence-corrected chi connectivity index (χ4v) is 2.53. The largest absolute Gasteiger partial charge is 0.367 e. The summed E-state index contributed by atoms with van der Waals surface area (Å²) < 4.78 is 1.66. The highest BCUT2D eigenvalue weighted by atomic mass is 35.5. The van der Waals surface area contributed by atoms with Crippen molar-refractivity contribution in [3.05, 3.63) is 22.5 Å². The molecule has 0 spiro atoms. The molecule has 0 unspecified atom stereocenters. The van der Waals surface area contributed by atoms with Gasteiger partial charge < -0.3 is 5.73 Å². The van der Waals surface area contributed by atoms with Gasteiger partial charge in [-0.1, -0.05) is 32.4 Å². The van der Waals surface area contributed by atoms with Crippen LogP contribution in [0.5, 0.6) is 0 Å². The Labute approximate surface area is 117 Å². The number of anilines is 1. The number of nitrogen functional groups attached to an aromatic ring is 1. The highest BCUT2D eigenvalue weighted by Crippen LogP contribution is 2.38. The minimum Gasteiger partial charge on any atom is -0.367 e. The van der Waals surface area contributed by atoms with E-state index in [1.54, 1.807) is 10.7 Å². The lowest BCUT2D eigenvalue weighted by atomic mass is 9.80. The van der Waals surface area contributed by atoms with Crippen molar-refractivity contribution in [1.82, 2.24) is 14.6 Å². The topological polar surface area (TPSA) is 80.0 Å². The van der Waals surface area contributed by atoms with Crippen LogP contribution in [0.2, 0.25) is 5.02 Å². The summed E-state index contributed by atoms with van der Waals surface area (Å²) in [6, 6.07) is 2.19. The van der Waals surface area contributed by atoms with E-state index in [4.69, 9.17) is 17.3 Å². The maximum Gasteiger partial charge on any atom is 0.238 e. The van der Waals surface area contributed by atoms with Crippen LogP contribution < -0.4 is 5.73 Å². The Morgan fingerprint density at radius 2 is 2.11 bits per heavy atom. The van der Waals surface area contributed by atoms with Crippen molar-refractivity contribution in [2.24, 2.45) is 0 Å². The molecule has 2 rings (SSSR count). The van der Waals surface area contributed by atoms with Gasteiger partial charge in [-0.3, -0.25) is 0 Å². The Morgan fingerprint density at radius 1 is 1.47 bits per heavy atom. The van der Waals surface area contributed by atoms with Gasteiger partial charge in [0.1, 0.15) is 11.6 Å². The van der Waals surface area contributed by atoms with E-state index in [0.717, 1.165) is 18.5 Å². The van der Waals surface area contributed by atoms with Gasteiger partial charge in [-0.05, 0) is 12.8 Å². The van der Waals surface area contributed by atoms with Crippen LogP contribution in [0, 0.1) is 11.3 Å². The van der Waals surface area contributed by atoms with Crippen LogP contribution in [-0.2, 0) is 5.41 Å². The number of aromatic nitrogens is 3. The van der Waals surface area contributed by atoms with Gasteiger partial charge >= 0.3 is 0 Å². The zero-order chi connectivity index (χ0) is 14.2. The van der Waals surface area contributed by atoms with E-state index in [-0.39, 0.29) is 11.4 Å². The summed E-state index contributed by atoms with van der Waals surface area (Å²) in [5.41, 5.74) is 7.37. The minimum absolute atomic E-state index is 0.166. The molecule has 6 heteroatoms. The molecule has 0 saturated carbocycles. The second kappa shape index (κ2) is 4.71. The number of hydrogen-bond acceptors (Lipinski definition) is 4. The summed E-state index contributed by atoms with van der Waals surface area (Å²) >= 11 is 6.27. The number of halogens is 1. The third-order valence-corrected chi connectivity index (χ3v) is 4.27. The first-order valence-electron chi connectivity index (χ1n) is 6.21. The Bertz CT molecular complexity index is 664. The normalized spacial score (nSPS) is 11.7. The summed E-state index contributed by atoms with van der Waals surface area (Å²) in [4.78, 5) is 3.94. The lowest BCUT2D eigenvalue weighted by Gasteiger charge is -2.26. The van der Waals surface area contributed by atoms with E-state index in [2.05, 4.69) is 36.9 Å². The first-order chi connectivity index (χ1) is 8.98. The lowest BCUT2D eigenvalue weighted by Crippen LogP contribution is -2.24. The molecule has 0 atom stereocenters. The molecule has 5 nitrogen and oxygen atoms in total. The van der Waals surface area contributed by atoms with Gasteiger partial charge in [0.2, 0.25) is 5.95 Å². The van der Waals surface area contributed by atoms with E-state index < -0.39 is 0 Å². The summed E-state index contributed by atoms with van der Waals surface area (Å²) in [5.74, 6) is 0.166. The van der Waals surface area contributed by atoms with Gasteiger partial charge in [0.25, 0.3) is 0 Å². The van der Waals surface area contributed by atoms with E-state index >= 15 is 0 Å².